The molecule has 124 valence electrons. The molecule has 0 spiro atoms. The first-order valence-corrected chi connectivity index (χ1v) is 7.80. The van der Waals surface area contributed by atoms with Crippen molar-refractivity contribution < 1.29 is 4.74 Å². The number of halogens is 1. The number of nitrogens with one attached hydrogen (secondary N) is 2. The van der Waals surface area contributed by atoms with Crippen molar-refractivity contribution >= 4 is 40.2 Å². The van der Waals surface area contributed by atoms with Crippen molar-refractivity contribution in [2.45, 2.75) is 6.92 Å². The minimum Gasteiger partial charge on any atom is -0.383 e. The average molecular weight is 345 g/mol. The van der Waals surface area contributed by atoms with Crippen molar-refractivity contribution in [1.29, 1.82) is 0 Å². The molecule has 2 N–H and O–H groups in total. The highest BCUT2D eigenvalue weighted by atomic mass is 35.5. The van der Waals surface area contributed by atoms with Crippen LogP contribution in [-0.4, -0.2) is 40.2 Å². The Morgan fingerprint density at radius 3 is 2.79 bits per heavy atom. The fraction of sp³-hybridized carbons (Fsp3) is 0.250. The summed E-state index contributed by atoms with van der Waals surface area (Å²) in [6.45, 7) is 3.10. The number of fused-ring (bicyclic) bond motifs is 1. The fourth-order valence-corrected chi connectivity index (χ4v) is 2.28. The van der Waals surface area contributed by atoms with Crippen LogP contribution in [0.3, 0.4) is 0 Å². The van der Waals surface area contributed by atoms with Crippen LogP contribution in [0.1, 0.15) is 5.56 Å². The van der Waals surface area contributed by atoms with Gasteiger partial charge >= 0.3 is 0 Å². The van der Waals surface area contributed by atoms with Crippen LogP contribution in [0.5, 0.6) is 0 Å². The van der Waals surface area contributed by atoms with Crippen LogP contribution in [0.25, 0.3) is 11.2 Å². The Labute approximate surface area is 144 Å². The zero-order chi connectivity index (χ0) is 16.9. The van der Waals surface area contributed by atoms with Gasteiger partial charge in [0, 0.05) is 36.8 Å². The van der Waals surface area contributed by atoms with Crippen LogP contribution in [0.2, 0.25) is 5.02 Å². The standard InChI is InChI=1S/C16H17ClN6O/c1-10-3-4-11(9-12(10)17)21-15-13-14(19-6-5-18-13)22-16(23-15)20-7-8-24-2/h3-6,9H,7-8H2,1-2H3,(H2,19,20,21,22,23). The summed E-state index contributed by atoms with van der Waals surface area (Å²) in [5.41, 5.74) is 2.93. The molecule has 0 aliphatic carbocycles. The number of aryl methyl sites for hydroxylation is 1. The molecule has 7 nitrogen and oxygen atoms in total. The molecule has 0 bridgehead atoms. The molecular weight excluding hydrogens is 328 g/mol. The maximum absolute atomic E-state index is 6.19. The summed E-state index contributed by atoms with van der Waals surface area (Å²) in [4.78, 5) is 17.4. The number of hydrogen-bond donors (Lipinski definition) is 2. The zero-order valence-electron chi connectivity index (χ0n) is 13.4. The maximum Gasteiger partial charge on any atom is 0.226 e. The van der Waals surface area contributed by atoms with Gasteiger partial charge in [-0.25, -0.2) is 9.97 Å². The highest BCUT2D eigenvalue weighted by Crippen LogP contribution is 2.25. The van der Waals surface area contributed by atoms with Crippen LogP contribution < -0.4 is 10.6 Å². The number of hydrogen-bond acceptors (Lipinski definition) is 7. The normalized spacial score (nSPS) is 10.8. The van der Waals surface area contributed by atoms with E-state index < -0.39 is 0 Å². The third-order valence-corrected chi connectivity index (χ3v) is 3.76. The summed E-state index contributed by atoms with van der Waals surface area (Å²) in [6.07, 6.45) is 3.21. The summed E-state index contributed by atoms with van der Waals surface area (Å²) in [7, 11) is 1.64. The number of benzene rings is 1. The summed E-state index contributed by atoms with van der Waals surface area (Å²) in [5.74, 6) is 1.02. The molecule has 0 unspecified atom stereocenters. The molecule has 3 rings (SSSR count). The zero-order valence-corrected chi connectivity index (χ0v) is 14.1. The topological polar surface area (TPSA) is 84.9 Å². The van der Waals surface area contributed by atoms with Crippen molar-refractivity contribution in [3.05, 3.63) is 41.2 Å². The van der Waals surface area contributed by atoms with Gasteiger partial charge < -0.3 is 15.4 Å². The summed E-state index contributed by atoms with van der Waals surface area (Å²) in [5, 5.41) is 7.02. The van der Waals surface area contributed by atoms with E-state index in [0.717, 1.165) is 11.3 Å². The van der Waals surface area contributed by atoms with E-state index in [9.17, 15) is 0 Å². The van der Waals surface area contributed by atoms with Crippen molar-refractivity contribution in [3.8, 4) is 0 Å². The van der Waals surface area contributed by atoms with E-state index in [0.29, 0.717) is 41.1 Å². The lowest BCUT2D eigenvalue weighted by Gasteiger charge is -2.11. The van der Waals surface area contributed by atoms with Crippen LogP contribution in [-0.2, 0) is 4.74 Å². The monoisotopic (exact) mass is 344 g/mol. The van der Waals surface area contributed by atoms with Gasteiger partial charge in [0.2, 0.25) is 5.95 Å². The van der Waals surface area contributed by atoms with E-state index in [2.05, 4.69) is 30.6 Å². The van der Waals surface area contributed by atoms with Gasteiger partial charge in [0.15, 0.2) is 17.0 Å². The molecule has 0 saturated heterocycles. The maximum atomic E-state index is 6.19. The predicted molar refractivity (Wildman–Crippen MR) is 95.0 cm³/mol. The van der Waals surface area contributed by atoms with E-state index in [-0.39, 0.29) is 0 Å². The van der Waals surface area contributed by atoms with Crippen LogP contribution in [0.4, 0.5) is 17.5 Å². The number of aromatic nitrogens is 4. The Morgan fingerprint density at radius 1 is 1.17 bits per heavy atom. The molecule has 0 atom stereocenters. The first kappa shape index (κ1) is 16.4. The summed E-state index contributed by atoms with van der Waals surface area (Å²) < 4.78 is 5.02. The molecular formula is C16H17ClN6O. The SMILES string of the molecule is COCCNc1nc(Nc2ccc(C)c(Cl)c2)c2nccnc2n1. The van der Waals surface area contributed by atoms with Crippen molar-refractivity contribution in [2.75, 3.05) is 30.9 Å². The molecule has 0 radical (unpaired) electrons. The third-order valence-electron chi connectivity index (χ3n) is 3.36. The fourth-order valence-electron chi connectivity index (χ4n) is 2.10. The van der Waals surface area contributed by atoms with Crippen LogP contribution in [0.15, 0.2) is 30.6 Å². The van der Waals surface area contributed by atoms with E-state index in [1.807, 2.05) is 25.1 Å². The molecule has 2 aromatic heterocycles. The number of anilines is 3. The molecule has 0 aliphatic heterocycles. The van der Waals surface area contributed by atoms with Gasteiger partial charge in [-0.1, -0.05) is 17.7 Å². The van der Waals surface area contributed by atoms with Gasteiger partial charge in [0.25, 0.3) is 0 Å². The Kier molecular flexibility index (Phi) is 5.02. The summed E-state index contributed by atoms with van der Waals surface area (Å²) >= 11 is 6.19. The van der Waals surface area contributed by atoms with Crippen LogP contribution >= 0.6 is 11.6 Å². The molecule has 0 amide bonds. The lowest BCUT2D eigenvalue weighted by Crippen LogP contribution is -2.11. The lowest BCUT2D eigenvalue weighted by atomic mass is 10.2. The van der Waals surface area contributed by atoms with E-state index in [1.165, 1.54) is 0 Å². The Bertz CT molecular complexity index is 857. The predicted octanol–water partition coefficient (Wildman–Crippen LogP) is 3.18. The van der Waals surface area contributed by atoms with Crippen molar-refractivity contribution in [3.63, 3.8) is 0 Å². The second-order valence-electron chi connectivity index (χ2n) is 5.13. The molecule has 3 aromatic rings. The molecule has 0 aliphatic rings. The second kappa shape index (κ2) is 7.37. The van der Waals surface area contributed by atoms with Crippen molar-refractivity contribution in [2.24, 2.45) is 0 Å². The molecule has 0 fully saturated rings. The Morgan fingerprint density at radius 2 is 2.00 bits per heavy atom. The smallest absolute Gasteiger partial charge is 0.226 e. The van der Waals surface area contributed by atoms with E-state index in [4.69, 9.17) is 16.3 Å². The summed E-state index contributed by atoms with van der Waals surface area (Å²) in [6, 6.07) is 5.72. The van der Waals surface area contributed by atoms with Crippen LogP contribution in [0, 0.1) is 6.92 Å². The van der Waals surface area contributed by atoms with Gasteiger partial charge in [0.1, 0.15) is 0 Å². The number of nitrogens with zero attached hydrogens (tertiary/aromatic N) is 4. The Hall–Kier alpha value is -2.51. The third kappa shape index (κ3) is 3.69. The molecule has 0 saturated carbocycles. The minimum atomic E-state index is 0.459. The average Bonchev–Trinajstić information content (AvgIpc) is 2.58. The van der Waals surface area contributed by atoms with Gasteiger partial charge in [0.05, 0.1) is 6.61 Å². The van der Waals surface area contributed by atoms with Gasteiger partial charge in [-0.15, -0.1) is 0 Å². The second-order valence-corrected chi connectivity index (χ2v) is 5.54. The first-order valence-electron chi connectivity index (χ1n) is 7.42. The van der Waals surface area contributed by atoms with Gasteiger partial charge in [-0.05, 0) is 24.6 Å². The lowest BCUT2D eigenvalue weighted by molar-refractivity contribution is 0.210. The molecule has 1 aromatic carbocycles. The Balaban J connectivity index is 1.96. The molecule has 2 heterocycles. The van der Waals surface area contributed by atoms with Gasteiger partial charge in [-0.3, -0.25) is 0 Å². The minimum absolute atomic E-state index is 0.459. The molecule has 24 heavy (non-hydrogen) atoms. The first-order chi connectivity index (χ1) is 11.7. The highest BCUT2D eigenvalue weighted by molar-refractivity contribution is 6.31. The van der Waals surface area contributed by atoms with Crippen molar-refractivity contribution in [1.82, 2.24) is 19.9 Å². The van der Waals surface area contributed by atoms with E-state index in [1.54, 1.807) is 19.5 Å². The highest BCUT2D eigenvalue weighted by Gasteiger charge is 2.10. The number of methoxy groups -OCH3 is 1. The van der Waals surface area contributed by atoms with E-state index >= 15 is 0 Å². The number of ether oxygens (including phenoxy) is 1. The molecule has 8 heteroatoms. The quantitative estimate of drug-likeness (QED) is 0.664. The van der Waals surface area contributed by atoms with Gasteiger partial charge in [-0.2, -0.15) is 9.97 Å². The largest absolute Gasteiger partial charge is 0.383 e. The number of rotatable bonds is 6.